The summed E-state index contributed by atoms with van der Waals surface area (Å²) in [6.07, 6.45) is -2.14. The minimum atomic E-state index is -0.803. The average Bonchev–Trinajstić information content (AvgIpc) is 2.64. The first-order chi connectivity index (χ1) is 13.6. The third-order valence-electron chi connectivity index (χ3n) is 3.87. The zero-order valence-corrected chi connectivity index (χ0v) is 18.6. The molecule has 0 saturated carbocycles. The van der Waals surface area contributed by atoms with Gasteiger partial charge in [-0.15, -0.1) is 0 Å². The van der Waals surface area contributed by atoms with E-state index in [9.17, 15) is 20.4 Å². The first-order valence-corrected chi connectivity index (χ1v) is 10.2. The van der Waals surface area contributed by atoms with Crippen molar-refractivity contribution < 1.29 is 44.1 Å². The predicted octanol–water partition coefficient (Wildman–Crippen LogP) is -0.0325. The molecule has 0 radical (unpaired) electrons. The molecule has 0 spiro atoms. The smallest absolute Gasteiger partial charge is 0.0781 e. The van der Waals surface area contributed by atoms with Gasteiger partial charge in [0, 0.05) is 0 Å². The quantitative estimate of drug-likeness (QED) is 0.225. The van der Waals surface area contributed by atoms with Crippen LogP contribution in [0.1, 0.15) is 34.6 Å². The molecule has 0 saturated heterocycles. The minimum Gasteiger partial charge on any atom is -0.396 e. The lowest BCUT2D eigenvalue weighted by Gasteiger charge is -2.32. The molecule has 5 atom stereocenters. The number of aliphatic hydroxyl groups is 4. The van der Waals surface area contributed by atoms with Crippen molar-refractivity contribution in [3.8, 4) is 0 Å². The molecule has 0 unspecified atom stereocenters. The zero-order valence-electron chi connectivity index (χ0n) is 18.6. The second-order valence-electron chi connectivity index (χ2n) is 8.04. The molecule has 29 heavy (non-hydrogen) atoms. The molecule has 0 aliphatic heterocycles. The van der Waals surface area contributed by atoms with E-state index < -0.39 is 23.7 Å². The lowest BCUT2D eigenvalue weighted by Crippen LogP contribution is -2.42. The molecule has 176 valence electrons. The van der Waals surface area contributed by atoms with E-state index in [2.05, 4.69) is 0 Å². The maximum Gasteiger partial charge on any atom is 0.0781 e. The molecule has 0 aliphatic carbocycles. The number of hydrogen-bond acceptors (Lipinski definition) is 9. The Morgan fingerprint density at radius 1 is 0.586 bits per heavy atom. The van der Waals surface area contributed by atoms with Crippen LogP contribution in [0, 0.1) is 5.41 Å². The highest BCUT2D eigenvalue weighted by Gasteiger charge is 2.32. The van der Waals surface area contributed by atoms with Gasteiger partial charge < -0.3 is 44.1 Å². The van der Waals surface area contributed by atoms with Crippen molar-refractivity contribution in [2.45, 2.75) is 65.1 Å². The highest BCUT2D eigenvalue weighted by atomic mass is 16.6. The summed E-state index contributed by atoms with van der Waals surface area (Å²) in [6, 6.07) is 0. The fourth-order valence-corrected chi connectivity index (χ4v) is 2.29. The van der Waals surface area contributed by atoms with Gasteiger partial charge in [0.2, 0.25) is 0 Å². The lowest BCUT2D eigenvalue weighted by molar-refractivity contribution is -0.124. The molecule has 0 fully saturated rings. The standard InChI is InChI=1S/C20H42O9/c1-15(22)6-25-12-20(11-21,13-26-9-18(4)28-7-16(2)23)14-27-10-19(5)29-8-17(3)24/h15-19,21-24H,6-14H2,1-5H3/t15-,16-,17-,18-,19-/m1/s1. The Morgan fingerprint density at radius 3 is 1.24 bits per heavy atom. The van der Waals surface area contributed by atoms with E-state index in [1.165, 1.54) is 0 Å². The zero-order chi connectivity index (χ0) is 22.3. The number of aliphatic hydroxyl groups excluding tert-OH is 4. The molecule has 0 amide bonds. The molecule has 0 heterocycles. The van der Waals surface area contributed by atoms with Crippen LogP contribution in [0.3, 0.4) is 0 Å². The van der Waals surface area contributed by atoms with Gasteiger partial charge in [0.25, 0.3) is 0 Å². The van der Waals surface area contributed by atoms with Crippen LogP contribution in [-0.4, -0.2) is 110 Å². The van der Waals surface area contributed by atoms with Crippen LogP contribution in [0.15, 0.2) is 0 Å². The molecular formula is C20H42O9. The minimum absolute atomic E-state index is 0.142. The lowest BCUT2D eigenvalue weighted by atomic mass is 9.92. The Bertz CT molecular complexity index is 353. The van der Waals surface area contributed by atoms with E-state index in [4.69, 9.17) is 23.7 Å². The van der Waals surface area contributed by atoms with E-state index in [1.54, 1.807) is 20.8 Å². The van der Waals surface area contributed by atoms with Crippen LogP contribution < -0.4 is 0 Å². The summed E-state index contributed by atoms with van der Waals surface area (Å²) in [4.78, 5) is 0. The Balaban J connectivity index is 4.57. The van der Waals surface area contributed by atoms with Gasteiger partial charge in [-0.3, -0.25) is 0 Å². The third-order valence-corrected chi connectivity index (χ3v) is 3.87. The number of hydrogen-bond donors (Lipinski definition) is 4. The Morgan fingerprint density at radius 2 is 0.931 bits per heavy atom. The molecule has 0 aliphatic rings. The molecule has 0 aromatic carbocycles. The van der Waals surface area contributed by atoms with Crippen molar-refractivity contribution in [3.63, 3.8) is 0 Å². The first kappa shape index (κ1) is 28.6. The Labute approximate surface area is 174 Å². The summed E-state index contributed by atoms with van der Waals surface area (Å²) in [5.74, 6) is 0. The fourth-order valence-electron chi connectivity index (χ4n) is 2.29. The summed E-state index contributed by atoms with van der Waals surface area (Å²) in [7, 11) is 0. The fraction of sp³-hybridized carbons (Fsp3) is 1.00. The van der Waals surface area contributed by atoms with Gasteiger partial charge in [-0.2, -0.15) is 0 Å². The van der Waals surface area contributed by atoms with E-state index >= 15 is 0 Å². The largest absolute Gasteiger partial charge is 0.396 e. The molecule has 0 aromatic rings. The third kappa shape index (κ3) is 16.1. The van der Waals surface area contributed by atoms with E-state index in [0.29, 0.717) is 13.2 Å². The highest BCUT2D eigenvalue weighted by molar-refractivity contribution is 4.79. The monoisotopic (exact) mass is 426 g/mol. The highest BCUT2D eigenvalue weighted by Crippen LogP contribution is 2.20. The van der Waals surface area contributed by atoms with Crippen LogP contribution in [0.4, 0.5) is 0 Å². The second kappa shape index (κ2) is 16.3. The molecule has 9 nitrogen and oxygen atoms in total. The maximum absolute atomic E-state index is 9.99. The van der Waals surface area contributed by atoms with Crippen LogP contribution >= 0.6 is 0 Å². The average molecular weight is 427 g/mol. The number of ether oxygens (including phenoxy) is 5. The SMILES string of the molecule is C[C@H](COCC(CO)(COC[C@@H](C)OC[C@@H](C)O)COC[C@@H](C)O)OC[C@@H](C)O. The Hall–Kier alpha value is -0.360. The predicted molar refractivity (Wildman–Crippen MR) is 108 cm³/mol. The molecular weight excluding hydrogens is 384 g/mol. The van der Waals surface area contributed by atoms with Crippen LogP contribution in [0.5, 0.6) is 0 Å². The molecule has 0 aromatic heterocycles. The van der Waals surface area contributed by atoms with Crippen molar-refractivity contribution in [2.24, 2.45) is 5.41 Å². The van der Waals surface area contributed by atoms with E-state index in [-0.39, 0.29) is 58.5 Å². The summed E-state index contributed by atoms with van der Waals surface area (Å²) < 4.78 is 27.9. The molecule has 0 bridgehead atoms. The molecule has 9 heteroatoms. The maximum atomic E-state index is 9.99. The van der Waals surface area contributed by atoms with Crippen LogP contribution in [0.25, 0.3) is 0 Å². The van der Waals surface area contributed by atoms with Crippen LogP contribution in [-0.2, 0) is 23.7 Å². The van der Waals surface area contributed by atoms with Gasteiger partial charge in [-0.05, 0) is 34.6 Å². The van der Waals surface area contributed by atoms with Gasteiger partial charge in [0.05, 0.1) is 95.4 Å². The second-order valence-corrected chi connectivity index (χ2v) is 8.04. The molecule has 0 rings (SSSR count). The van der Waals surface area contributed by atoms with E-state index in [1.807, 2.05) is 13.8 Å². The van der Waals surface area contributed by atoms with Gasteiger partial charge in [-0.1, -0.05) is 0 Å². The normalized spacial score (nSPS) is 17.7. The van der Waals surface area contributed by atoms with Gasteiger partial charge in [-0.25, -0.2) is 0 Å². The van der Waals surface area contributed by atoms with Crippen molar-refractivity contribution in [1.82, 2.24) is 0 Å². The van der Waals surface area contributed by atoms with Crippen LogP contribution in [0.2, 0.25) is 0 Å². The van der Waals surface area contributed by atoms with Gasteiger partial charge in [0.1, 0.15) is 0 Å². The van der Waals surface area contributed by atoms with Crippen molar-refractivity contribution in [1.29, 1.82) is 0 Å². The number of rotatable bonds is 19. The summed E-state index contributed by atoms with van der Waals surface area (Å²) in [5, 5.41) is 37.9. The first-order valence-electron chi connectivity index (χ1n) is 10.2. The summed E-state index contributed by atoms with van der Waals surface area (Å²) in [6.45, 7) is 10.0. The van der Waals surface area contributed by atoms with Gasteiger partial charge >= 0.3 is 0 Å². The topological polar surface area (TPSA) is 127 Å². The van der Waals surface area contributed by atoms with Gasteiger partial charge in [0.15, 0.2) is 0 Å². The van der Waals surface area contributed by atoms with Crippen molar-refractivity contribution in [3.05, 3.63) is 0 Å². The van der Waals surface area contributed by atoms with Crippen molar-refractivity contribution in [2.75, 3.05) is 59.5 Å². The Kier molecular flexibility index (Phi) is 16.1. The summed E-state index contributed by atoms with van der Waals surface area (Å²) in [5.41, 5.74) is -0.803. The summed E-state index contributed by atoms with van der Waals surface area (Å²) >= 11 is 0. The van der Waals surface area contributed by atoms with E-state index in [0.717, 1.165) is 0 Å². The molecule has 4 N–H and O–H groups in total. The van der Waals surface area contributed by atoms with Crippen molar-refractivity contribution >= 4 is 0 Å².